The third kappa shape index (κ3) is 4.28. The monoisotopic (exact) mass is 360 g/mol. The zero-order valence-corrected chi connectivity index (χ0v) is 15.7. The summed E-state index contributed by atoms with van der Waals surface area (Å²) in [5.74, 6) is 1.73. The van der Waals surface area contributed by atoms with Gasteiger partial charge in [-0.15, -0.1) is 0 Å². The van der Waals surface area contributed by atoms with E-state index in [4.69, 9.17) is 0 Å². The van der Waals surface area contributed by atoms with Crippen LogP contribution in [0.25, 0.3) is 0 Å². The second kappa shape index (κ2) is 7.00. The largest absolute Gasteiger partial charge is 0.366 e. The van der Waals surface area contributed by atoms with E-state index in [2.05, 4.69) is 34.3 Å². The van der Waals surface area contributed by atoms with Gasteiger partial charge in [0.05, 0.1) is 11.5 Å². The average molecular weight is 360 g/mol. The van der Waals surface area contributed by atoms with Gasteiger partial charge in [0, 0.05) is 31.4 Å². The molecule has 0 amide bonds. The van der Waals surface area contributed by atoms with Crippen molar-refractivity contribution < 1.29 is 8.42 Å². The molecule has 1 fully saturated rings. The highest BCUT2D eigenvalue weighted by atomic mass is 32.2. The van der Waals surface area contributed by atoms with Crippen molar-refractivity contribution in [2.45, 2.75) is 32.9 Å². The second-order valence-corrected chi connectivity index (χ2v) is 8.87. The number of nitrogens with zero attached hydrogens (tertiary/aromatic N) is 3. The van der Waals surface area contributed by atoms with Crippen molar-refractivity contribution >= 4 is 21.6 Å². The fourth-order valence-corrected chi connectivity index (χ4v) is 4.81. The van der Waals surface area contributed by atoms with Crippen molar-refractivity contribution in [1.82, 2.24) is 9.97 Å². The highest BCUT2D eigenvalue weighted by Crippen LogP contribution is 2.22. The summed E-state index contributed by atoms with van der Waals surface area (Å²) in [6.07, 6.45) is 0.627. The van der Waals surface area contributed by atoms with E-state index in [0.717, 1.165) is 11.5 Å². The lowest BCUT2D eigenvalue weighted by molar-refractivity contribution is 0.600. The molecule has 2 aromatic rings. The van der Waals surface area contributed by atoms with Crippen LogP contribution in [0.4, 0.5) is 11.8 Å². The first-order chi connectivity index (χ1) is 11.8. The highest BCUT2D eigenvalue weighted by Gasteiger charge is 2.31. The Morgan fingerprint density at radius 2 is 2.00 bits per heavy atom. The zero-order chi connectivity index (χ0) is 18.0. The van der Waals surface area contributed by atoms with Gasteiger partial charge in [0.1, 0.15) is 5.82 Å². The van der Waals surface area contributed by atoms with Crippen LogP contribution in [0.15, 0.2) is 30.3 Å². The summed E-state index contributed by atoms with van der Waals surface area (Å²) in [5.41, 5.74) is 3.30. The molecule has 1 unspecified atom stereocenters. The maximum Gasteiger partial charge on any atom is 0.227 e. The van der Waals surface area contributed by atoms with Crippen molar-refractivity contribution in [3.05, 3.63) is 47.2 Å². The molecule has 1 aromatic heterocycles. The standard InChI is InChI=1S/C18H24N4O2S/c1-13-6-4-5-7-15(13)11-19-17-10-14(2)20-18(21-17)22(3)16-8-9-25(23,24)12-16/h4-7,10,16H,8-9,11-12H2,1-3H3,(H,19,20,21). The maximum atomic E-state index is 11.7. The van der Waals surface area contributed by atoms with E-state index in [1.165, 1.54) is 11.1 Å². The van der Waals surface area contributed by atoms with Crippen molar-refractivity contribution in [1.29, 1.82) is 0 Å². The lowest BCUT2D eigenvalue weighted by Crippen LogP contribution is -2.34. The molecule has 0 saturated carbocycles. The van der Waals surface area contributed by atoms with E-state index < -0.39 is 9.84 Å². The number of hydrogen-bond donors (Lipinski definition) is 1. The molecule has 134 valence electrons. The zero-order valence-electron chi connectivity index (χ0n) is 14.9. The molecular formula is C18H24N4O2S. The quantitative estimate of drug-likeness (QED) is 0.882. The molecule has 6 nitrogen and oxygen atoms in total. The number of aryl methyl sites for hydroxylation is 2. The van der Waals surface area contributed by atoms with Crippen molar-refractivity contribution in [2.75, 3.05) is 28.8 Å². The van der Waals surface area contributed by atoms with Crippen LogP contribution in [-0.4, -0.2) is 43.0 Å². The molecule has 0 spiro atoms. The predicted octanol–water partition coefficient (Wildman–Crippen LogP) is 2.33. The first-order valence-corrected chi connectivity index (χ1v) is 10.2. The molecule has 3 rings (SSSR count). The molecule has 1 aliphatic rings. The Hall–Kier alpha value is -2.15. The van der Waals surface area contributed by atoms with Crippen LogP contribution < -0.4 is 10.2 Å². The topological polar surface area (TPSA) is 75.2 Å². The molecule has 0 radical (unpaired) electrons. The third-order valence-corrected chi connectivity index (χ3v) is 6.39. The first kappa shape index (κ1) is 17.7. The predicted molar refractivity (Wildman–Crippen MR) is 101 cm³/mol. The molecule has 25 heavy (non-hydrogen) atoms. The van der Waals surface area contributed by atoms with Crippen molar-refractivity contribution in [2.24, 2.45) is 0 Å². The Morgan fingerprint density at radius 3 is 2.68 bits per heavy atom. The Kier molecular flexibility index (Phi) is 4.94. The van der Waals surface area contributed by atoms with Crippen LogP contribution in [0, 0.1) is 13.8 Å². The number of anilines is 2. The van der Waals surface area contributed by atoms with Crippen LogP contribution in [0.2, 0.25) is 0 Å². The summed E-state index contributed by atoms with van der Waals surface area (Å²) < 4.78 is 23.4. The number of nitrogens with one attached hydrogen (secondary N) is 1. The normalized spacial score (nSPS) is 18.9. The molecule has 1 saturated heterocycles. The Morgan fingerprint density at radius 1 is 1.24 bits per heavy atom. The number of aromatic nitrogens is 2. The summed E-state index contributed by atoms with van der Waals surface area (Å²) in [5, 5.41) is 3.35. The highest BCUT2D eigenvalue weighted by molar-refractivity contribution is 7.91. The second-order valence-electron chi connectivity index (χ2n) is 6.64. The van der Waals surface area contributed by atoms with Crippen molar-refractivity contribution in [3.63, 3.8) is 0 Å². The van der Waals surface area contributed by atoms with Gasteiger partial charge < -0.3 is 10.2 Å². The van der Waals surface area contributed by atoms with E-state index in [1.807, 2.05) is 37.1 Å². The van der Waals surface area contributed by atoms with E-state index in [9.17, 15) is 8.42 Å². The van der Waals surface area contributed by atoms with Gasteiger partial charge in [-0.2, -0.15) is 4.98 Å². The first-order valence-electron chi connectivity index (χ1n) is 8.41. The maximum absolute atomic E-state index is 11.7. The smallest absolute Gasteiger partial charge is 0.227 e. The molecule has 1 N–H and O–H groups in total. The minimum Gasteiger partial charge on any atom is -0.366 e. The van der Waals surface area contributed by atoms with Crippen LogP contribution in [0.3, 0.4) is 0 Å². The molecule has 0 bridgehead atoms. The van der Waals surface area contributed by atoms with Gasteiger partial charge in [0.15, 0.2) is 9.84 Å². The summed E-state index contributed by atoms with van der Waals surface area (Å²) in [4.78, 5) is 10.9. The lowest BCUT2D eigenvalue weighted by Gasteiger charge is -2.24. The van der Waals surface area contributed by atoms with Gasteiger partial charge >= 0.3 is 0 Å². The summed E-state index contributed by atoms with van der Waals surface area (Å²) >= 11 is 0. The minimum absolute atomic E-state index is 0.0592. The Balaban J connectivity index is 1.75. The van der Waals surface area contributed by atoms with Crippen LogP contribution in [-0.2, 0) is 16.4 Å². The average Bonchev–Trinajstić information content (AvgIpc) is 2.93. The van der Waals surface area contributed by atoms with Crippen molar-refractivity contribution in [3.8, 4) is 0 Å². The number of hydrogen-bond acceptors (Lipinski definition) is 6. The van der Waals surface area contributed by atoms with Gasteiger partial charge in [-0.3, -0.25) is 0 Å². The van der Waals surface area contributed by atoms with Gasteiger partial charge in [-0.25, -0.2) is 13.4 Å². The van der Waals surface area contributed by atoms with Gasteiger partial charge in [-0.1, -0.05) is 24.3 Å². The van der Waals surface area contributed by atoms with E-state index in [-0.39, 0.29) is 17.5 Å². The summed E-state index contributed by atoms with van der Waals surface area (Å²) in [7, 11) is -1.07. The fraction of sp³-hybridized carbons (Fsp3) is 0.444. The third-order valence-electron chi connectivity index (χ3n) is 4.64. The van der Waals surface area contributed by atoms with Crippen LogP contribution in [0.5, 0.6) is 0 Å². The summed E-state index contributed by atoms with van der Waals surface area (Å²) in [6, 6.07) is 10.1. The molecule has 0 aliphatic carbocycles. The minimum atomic E-state index is -2.93. The van der Waals surface area contributed by atoms with E-state index in [1.54, 1.807) is 0 Å². The van der Waals surface area contributed by atoms with Crippen LogP contribution in [0.1, 0.15) is 23.2 Å². The van der Waals surface area contributed by atoms with Gasteiger partial charge in [0.25, 0.3) is 0 Å². The van der Waals surface area contributed by atoms with Crippen LogP contribution >= 0.6 is 0 Å². The molecular weight excluding hydrogens is 336 g/mol. The molecule has 7 heteroatoms. The summed E-state index contributed by atoms with van der Waals surface area (Å²) in [6.45, 7) is 4.69. The Bertz CT molecular complexity index is 867. The number of sulfone groups is 1. The fourth-order valence-electron chi connectivity index (χ4n) is 3.04. The molecule has 1 aromatic carbocycles. The van der Waals surface area contributed by atoms with E-state index in [0.29, 0.717) is 18.9 Å². The SMILES string of the molecule is Cc1cc(NCc2ccccc2C)nc(N(C)C2CCS(=O)(=O)C2)n1. The number of benzene rings is 1. The molecule has 1 aliphatic heterocycles. The van der Waals surface area contributed by atoms with Gasteiger partial charge in [0.2, 0.25) is 5.95 Å². The molecule has 2 heterocycles. The lowest BCUT2D eigenvalue weighted by atomic mass is 10.1. The number of rotatable bonds is 5. The Labute approximate surface area is 149 Å². The molecule has 1 atom stereocenters. The van der Waals surface area contributed by atoms with E-state index >= 15 is 0 Å². The van der Waals surface area contributed by atoms with Gasteiger partial charge in [-0.05, 0) is 31.4 Å².